The lowest BCUT2D eigenvalue weighted by Gasteiger charge is -2.30. The molecule has 0 unspecified atom stereocenters. The molecule has 7 heteroatoms. The molecule has 0 saturated heterocycles. The molecule has 1 aromatic carbocycles. The molecule has 0 atom stereocenters. The predicted octanol–water partition coefficient (Wildman–Crippen LogP) is 5.79. The minimum absolute atomic E-state index is 0.0311. The highest BCUT2D eigenvalue weighted by molar-refractivity contribution is 5.98. The van der Waals surface area contributed by atoms with Gasteiger partial charge in [0, 0.05) is 23.0 Å². The van der Waals surface area contributed by atoms with Crippen molar-refractivity contribution < 1.29 is 9.59 Å². The zero-order valence-electron chi connectivity index (χ0n) is 22.5. The quantitative estimate of drug-likeness (QED) is 0.388. The Kier molecular flexibility index (Phi) is 9.55. The Morgan fingerprint density at radius 1 is 1.14 bits per heavy atom. The first-order valence-corrected chi connectivity index (χ1v) is 12.8. The molecular formula is C30H37N5O2. The third-order valence-electron chi connectivity index (χ3n) is 6.11. The lowest BCUT2D eigenvalue weighted by atomic mass is 10.2. The van der Waals surface area contributed by atoms with Gasteiger partial charge in [0.15, 0.2) is 5.82 Å². The topological polar surface area (TPSA) is 71.3 Å². The van der Waals surface area contributed by atoms with Gasteiger partial charge in [-0.25, -0.2) is 0 Å². The van der Waals surface area contributed by atoms with Crippen molar-refractivity contribution >= 4 is 28.8 Å². The van der Waals surface area contributed by atoms with Gasteiger partial charge in [0.2, 0.25) is 11.8 Å². The van der Waals surface area contributed by atoms with Crippen molar-refractivity contribution in [3.8, 4) is 0 Å². The molecule has 0 radical (unpaired) electrons. The Hall–Kier alpha value is -4.00. The fraction of sp³-hybridized carbons (Fsp3) is 0.333. The third-order valence-corrected chi connectivity index (χ3v) is 6.11. The van der Waals surface area contributed by atoms with E-state index >= 15 is 0 Å². The summed E-state index contributed by atoms with van der Waals surface area (Å²) in [5, 5.41) is 8.79. The molecular weight excluding hydrogens is 462 g/mol. The summed E-state index contributed by atoms with van der Waals surface area (Å²) in [5.41, 5.74) is 3.04. The van der Waals surface area contributed by atoms with E-state index in [1.807, 2.05) is 86.1 Å². The Balaban J connectivity index is 2.10. The van der Waals surface area contributed by atoms with Crippen molar-refractivity contribution in [2.24, 2.45) is 0 Å². The van der Waals surface area contributed by atoms with Crippen LogP contribution < -0.4 is 4.90 Å². The van der Waals surface area contributed by atoms with Gasteiger partial charge in [-0.05, 0) is 51.8 Å². The molecule has 2 aromatic rings. The number of hydrogen-bond donors (Lipinski definition) is 0. The van der Waals surface area contributed by atoms with Crippen LogP contribution in [0.4, 0.5) is 5.69 Å². The van der Waals surface area contributed by atoms with Gasteiger partial charge in [-0.15, -0.1) is 10.2 Å². The van der Waals surface area contributed by atoms with Crippen LogP contribution in [0.2, 0.25) is 0 Å². The first kappa shape index (κ1) is 27.6. The number of anilines is 1. The number of hydrogen-bond acceptors (Lipinski definition) is 4. The molecule has 2 amide bonds. The average Bonchev–Trinajstić information content (AvgIpc) is 3.24. The summed E-state index contributed by atoms with van der Waals surface area (Å²) in [5.74, 6) is 0.788. The number of fused-ring (bicyclic) bond motifs is 1. The van der Waals surface area contributed by atoms with Crippen LogP contribution in [-0.2, 0) is 16.0 Å². The monoisotopic (exact) mass is 499 g/mol. The zero-order valence-corrected chi connectivity index (χ0v) is 22.5. The van der Waals surface area contributed by atoms with E-state index in [1.165, 1.54) is 0 Å². The molecule has 3 rings (SSSR count). The molecule has 0 N–H and O–H groups in total. The largest absolute Gasteiger partial charge is 0.308 e. The van der Waals surface area contributed by atoms with Crippen molar-refractivity contribution in [3.63, 3.8) is 0 Å². The number of rotatable bonds is 10. The van der Waals surface area contributed by atoms with Crippen molar-refractivity contribution in [3.05, 3.63) is 90.7 Å². The number of para-hydroxylation sites is 1. The van der Waals surface area contributed by atoms with E-state index in [-0.39, 0.29) is 30.8 Å². The molecule has 194 valence electrons. The lowest BCUT2D eigenvalue weighted by Crippen LogP contribution is -2.45. The van der Waals surface area contributed by atoms with E-state index in [1.54, 1.807) is 15.9 Å². The number of allylic oxidation sites excluding steroid dienone is 9. The van der Waals surface area contributed by atoms with Gasteiger partial charge < -0.3 is 9.80 Å². The Bertz CT molecular complexity index is 1250. The molecule has 0 aliphatic carbocycles. The highest BCUT2D eigenvalue weighted by atomic mass is 16.2. The fourth-order valence-electron chi connectivity index (χ4n) is 4.29. The van der Waals surface area contributed by atoms with Crippen LogP contribution in [-0.4, -0.2) is 44.1 Å². The first-order valence-electron chi connectivity index (χ1n) is 12.8. The van der Waals surface area contributed by atoms with Crippen molar-refractivity contribution in [2.75, 3.05) is 11.4 Å². The van der Waals surface area contributed by atoms with E-state index in [4.69, 9.17) is 0 Å². The van der Waals surface area contributed by atoms with Gasteiger partial charge in [0.05, 0.1) is 12.1 Å². The maximum Gasteiger partial charge on any atom is 0.247 e. The minimum Gasteiger partial charge on any atom is -0.308 e. The number of carbonyl (C=O) groups excluding carboxylic acids is 2. The summed E-state index contributed by atoms with van der Waals surface area (Å²) >= 11 is 0. The molecule has 37 heavy (non-hydrogen) atoms. The summed E-state index contributed by atoms with van der Waals surface area (Å²) in [6.45, 7) is 13.8. The Labute approximate surface area is 220 Å². The summed E-state index contributed by atoms with van der Waals surface area (Å²) in [7, 11) is 0. The summed E-state index contributed by atoms with van der Waals surface area (Å²) in [6, 6.07) is 9.47. The second-order valence-corrected chi connectivity index (χ2v) is 9.07. The second kappa shape index (κ2) is 12.8. The minimum atomic E-state index is -0.197. The van der Waals surface area contributed by atoms with Gasteiger partial charge >= 0.3 is 0 Å². The molecule has 1 aliphatic rings. The molecule has 7 nitrogen and oxygen atoms in total. The van der Waals surface area contributed by atoms with Gasteiger partial charge in [-0.3, -0.25) is 14.2 Å². The van der Waals surface area contributed by atoms with E-state index in [0.717, 1.165) is 29.8 Å². The maximum atomic E-state index is 13.6. The number of nitrogens with zero attached hydrogens (tertiary/aromatic N) is 5. The number of carbonyl (C=O) groups is 2. The smallest absolute Gasteiger partial charge is 0.247 e. The average molecular weight is 500 g/mol. The van der Waals surface area contributed by atoms with E-state index in [0.29, 0.717) is 17.3 Å². The summed E-state index contributed by atoms with van der Waals surface area (Å²) in [6.07, 6.45) is 13.5. The normalized spacial score (nSPS) is 14.6. The molecule has 0 spiro atoms. The lowest BCUT2D eigenvalue weighted by molar-refractivity contribution is -0.132. The van der Waals surface area contributed by atoms with Gasteiger partial charge in [-0.2, -0.15) is 0 Å². The number of aromatic nitrogens is 3. The maximum absolute atomic E-state index is 13.6. The molecule has 1 aromatic heterocycles. The SMILES string of the molecule is C=C/C(=C\C=C/CC)c1nnc2n1C(/C=C\CC)=C(C)N(CC(=O)N(c1ccccc1)C(C)C)C(=O)C2. The highest BCUT2D eigenvalue weighted by Gasteiger charge is 2.31. The second-order valence-electron chi connectivity index (χ2n) is 9.07. The molecule has 0 saturated carbocycles. The molecule has 0 bridgehead atoms. The summed E-state index contributed by atoms with van der Waals surface area (Å²) < 4.78 is 1.91. The van der Waals surface area contributed by atoms with Crippen molar-refractivity contribution in [1.29, 1.82) is 0 Å². The van der Waals surface area contributed by atoms with Crippen LogP contribution >= 0.6 is 0 Å². The number of amides is 2. The van der Waals surface area contributed by atoms with Crippen molar-refractivity contribution in [2.45, 2.75) is 59.9 Å². The van der Waals surface area contributed by atoms with Crippen LogP contribution in [0.15, 0.2) is 79.1 Å². The van der Waals surface area contributed by atoms with Crippen LogP contribution in [0.3, 0.4) is 0 Å². The third kappa shape index (κ3) is 6.23. The van der Waals surface area contributed by atoms with E-state index < -0.39 is 0 Å². The van der Waals surface area contributed by atoms with Gasteiger partial charge in [0.1, 0.15) is 12.4 Å². The predicted molar refractivity (Wildman–Crippen MR) is 150 cm³/mol. The van der Waals surface area contributed by atoms with E-state index in [2.05, 4.69) is 30.6 Å². The highest BCUT2D eigenvalue weighted by Crippen LogP contribution is 2.29. The van der Waals surface area contributed by atoms with Gasteiger partial charge in [0.25, 0.3) is 0 Å². The number of benzene rings is 1. The summed E-state index contributed by atoms with van der Waals surface area (Å²) in [4.78, 5) is 30.4. The van der Waals surface area contributed by atoms with Crippen LogP contribution in [0.5, 0.6) is 0 Å². The van der Waals surface area contributed by atoms with Gasteiger partial charge in [-0.1, -0.05) is 69.0 Å². The van der Waals surface area contributed by atoms with Crippen LogP contribution in [0.25, 0.3) is 11.3 Å². The Morgan fingerprint density at radius 2 is 1.84 bits per heavy atom. The molecule has 0 fully saturated rings. The zero-order chi connectivity index (χ0) is 26.9. The van der Waals surface area contributed by atoms with Crippen LogP contribution in [0, 0.1) is 0 Å². The first-order chi connectivity index (χ1) is 17.8. The molecule has 2 heterocycles. The molecule has 1 aliphatic heterocycles. The Morgan fingerprint density at radius 3 is 2.46 bits per heavy atom. The van der Waals surface area contributed by atoms with E-state index in [9.17, 15) is 9.59 Å². The van der Waals surface area contributed by atoms with Crippen LogP contribution in [0.1, 0.15) is 59.1 Å². The van der Waals surface area contributed by atoms with Crippen molar-refractivity contribution in [1.82, 2.24) is 19.7 Å². The fourth-order valence-corrected chi connectivity index (χ4v) is 4.29. The standard InChI is InChI=1S/C30H37N5O2/c1-7-10-13-16-24(9-3)30-32-31-27-20-28(36)33(23(6)26(35(27)30)19-11-8-2)21-29(37)34(22(4)5)25-17-14-12-15-18-25/h9-19,22H,3,7-8,20-21H2,1-2,4-6H3/b13-10-,19-11-,24-16+.